The molecular weight excluding hydrogens is 301 g/mol. The van der Waals surface area contributed by atoms with Crippen molar-refractivity contribution in [1.29, 1.82) is 0 Å². The molecule has 0 saturated heterocycles. The van der Waals surface area contributed by atoms with Gasteiger partial charge in [0.05, 0.1) is 0 Å². The van der Waals surface area contributed by atoms with E-state index in [1.807, 2.05) is 7.05 Å². The Morgan fingerprint density at radius 3 is 1.78 bits per heavy atom. The zero-order valence-corrected chi connectivity index (χ0v) is 15.2. The maximum absolute atomic E-state index is 9.64. The first-order valence-electron chi connectivity index (χ1n) is 6.21. The molecule has 0 aromatic rings. The minimum Gasteiger partial charge on any atom is -0.358 e. The third kappa shape index (κ3) is 5.84. The molecule has 2 aliphatic rings. The van der Waals surface area contributed by atoms with E-state index in [4.69, 9.17) is 0 Å². The molecule has 18 heavy (non-hydrogen) atoms. The van der Waals surface area contributed by atoms with Crippen LogP contribution in [0.25, 0.3) is 0 Å². The van der Waals surface area contributed by atoms with Gasteiger partial charge in [-0.05, 0) is 24.7 Å². The van der Waals surface area contributed by atoms with Crippen molar-refractivity contribution in [1.82, 2.24) is 5.06 Å². The second-order valence-corrected chi connectivity index (χ2v) is 5.13. The molecule has 0 amide bonds. The molecule has 2 unspecified atom stereocenters. The summed E-state index contributed by atoms with van der Waals surface area (Å²) in [5.74, 6) is 1.69. The van der Waals surface area contributed by atoms with Gasteiger partial charge < -0.3 is 27.5 Å². The molecule has 0 radical (unpaired) electrons. The topological polar surface area (TPSA) is 23.5 Å². The molecular formula is C15H32NOZr+. The van der Waals surface area contributed by atoms with Crippen molar-refractivity contribution >= 4 is 0 Å². The van der Waals surface area contributed by atoms with Crippen molar-refractivity contribution in [3.63, 3.8) is 0 Å². The van der Waals surface area contributed by atoms with E-state index in [0.29, 0.717) is 6.04 Å². The molecule has 0 heterocycles. The number of hydroxylamine groups is 2. The van der Waals surface area contributed by atoms with Gasteiger partial charge in [0.25, 0.3) is 0 Å². The Hall–Kier alpha value is 0.803. The summed E-state index contributed by atoms with van der Waals surface area (Å²) in [6.45, 7) is 0. The Labute approximate surface area is 135 Å². The first kappa shape index (κ1) is 23.9. The quantitative estimate of drug-likeness (QED) is 0.598. The van der Waals surface area contributed by atoms with Crippen LogP contribution in [0.4, 0.5) is 0 Å². The van der Waals surface area contributed by atoms with E-state index >= 15 is 0 Å². The predicted molar refractivity (Wildman–Crippen MR) is 76.5 cm³/mol. The van der Waals surface area contributed by atoms with E-state index < -0.39 is 0 Å². The van der Waals surface area contributed by atoms with Crippen molar-refractivity contribution in [3.8, 4) is 0 Å². The van der Waals surface area contributed by atoms with Crippen LogP contribution in [0.2, 0.25) is 0 Å². The molecule has 0 bridgehead atoms. The third-order valence-corrected chi connectivity index (χ3v) is 4.27. The number of rotatable bonds is 2. The Morgan fingerprint density at radius 1 is 0.833 bits per heavy atom. The molecule has 0 aliphatic heterocycles. The van der Waals surface area contributed by atoms with Crippen LogP contribution in [-0.2, 0) is 26.2 Å². The van der Waals surface area contributed by atoms with Crippen LogP contribution in [0.3, 0.4) is 0 Å². The Balaban J connectivity index is -0.000000562. The average Bonchev–Trinajstić information content (AvgIpc) is 2.70. The van der Waals surface area contributed by atoms with E-state index in [-0.39, 0.29) is 48.5 Å². The monoisotopic (exact) mass is 332 g/mol. The van der Waals surface area contributed by atoms with Gasteiger partial charge in [-0.15, -0.1) is 0 Å². The van der Waals surface area contributed by atoms with E-state index in [1.165, 1.54) is 56.4 Å². The molecule has 2 saturated carbocycles. The first-order chi connectivity index (χ1) is 6.79. The summed E-state index contributed by atoms with van der Waals surface area (Å²) in [5.41, 5.74) is 0. The van der Waals surface area contributed by atoms with Gasteiger partial charge in [0.2, 0.25) is 0 Å². The van der Waals surface area contributed by atoms with Gasteiger partial charge >= 0.3 is 26.2 Å². The fourth-order valence-electron chi connectivity index (χ4n) is 3.54. The minimum absolute atomic E-state index is 0. The van der Waals surface area contributed by atoms with E-state index in [9.17, 15) is 5.21 Å². The summed E-state index contributed by atoms with van der Waals surface area (Å²) in [6.07, 6.45) is 10.9. The van der Waals surface area contributed by atoms with Gasteiger partial charge in [-0.1, -0.05) is 38.5 Å². The minimum atomic E-state index is 0. The second kappa shape index (κ2) is 11.6. The summed E-state index contributed by atoms with van der Waals surface area (Å²) in [4.78, 5) is 0. The average molecular weight is 334 g/mol. The second-order valence-electron chi connectivity index (χ2n) is 5.13. The van der Waals surface area contributed by atoms with Crippen LogP contribution in [0.5, 0.6) is 0 Å². The SMILES string of the molecule is CN(O)C1CCCCC1C1CCCC1.[CH3-].[CH3-].[CH3-].[Zr+4]. The van der Waals surface area contributed by atoms with Crippen molar-refractivity contribution < 1.29 is 31.4 Å². The van der Waals surface area contributed by atoms with E-state index in [2.05, 4.69) is 0 Å². The maximum Gasteiger partial charge on any atom is 4.00 e. The normalized spacial score (nSPS) is 27.5. The summed E-state index contributed by atoms with van der Waals surface area (Å²) >= 11 is 0. The molecule has 0 spiro atoms. The Morgan fingerprint density at radius 2 is 1.28 bits per heavy atom. The molecule has 106 valence electrons. The van der Waals surface area contributed by atoms with Crippen LogP contribution in [0, 0.1) is 34.1 Å². The van der Waals surface area contributed by atoms with Crippen LogP contribution in [-0.4, -0.2) is 23.4 Å². The van der Waals surface area contributed by atoms with Gasteiger partial charge in [0.1, 0.15) is 0 Å². The number of nitrogens with zero attached hydrogens (tertiary/aromatic N) is 1. The van der Waals surface area contributed by atoms with Gasteiger partial charge in [-0.3, -0.25) is 0 Å². The van der Waals surface area contributed by atoms with Gasteiger partial charge in [-0.2, -0.15) is 5.06 Å². The summed E-state index contributed by atoms with van der Waals surface area (Å²) in [5, 5.41) is 11.1. The standard InChI is InChI=1S/C12H23NO.3CH3.Zr/c1-13(14)12-9-5-4-8-11(12)10-6-2-3-7-10;;;;/h10-12,14H,2-9H2,1H3;3*1H3;/q;3*-1;+4. The molecule has 2 aliphatic carbocycles. The molecule has 0 aromatic carbocycles. The summed E-state index contributed by atoms with van der Waals surface area (Å²) < 4.78 is 0. The Bertz CT molecular complexity index is 181. The largest absolute Gasteiger partial charge is 4.00 e. The Kier molecular flexibility index (Phi) is 15.4. The van der Waals surface area contributed by atoms with Crippen LogP contribution >= 0.6 is 0 Å². The summed E-state index contributed by atoms with van der Waals surface area (Å²) in [7, 11) is 1.83. The fourth-order valence-corrected chi connectivity index (χ4v) is 3.54. The zero-order chi connectivity index (χ0) is 9.97. The van der Waals surface area contributed by atoms with Crippen molar-refractivity contribution in [2.75, 3.05) is 7.05 Å². The zero-order valence-electron chi connectivity index (χ0n) is 12.8. The maximum atomic E-state index is 9.64. The van der Waals surface area contributed by atoms with E-state index in [0.717, 1.165) is 11.8 Å². The molecule has 3 heteroatoms. The smallest absolute Gasteiger partial charge is 0.358 e. The predicted octanol–water partition coefficient (Wildman–Crippen LogP) is 4.40. The third-order valence-electron chi connectivity index (χ3n) is 4.27. The molecule has 2 rings (SSSR count). The van der Waals surface area contributed by atoms with E-state index in [1.54, 1.807) is 0 Å². The van der Waals surface area contributed by atoms with Gasteiger partial charge in [-0.25, -0.2) is 0 Å². The van der Waals surface area contributed by atoms with Gasteiger partial charge in [0.15, 0.2) is 0 Å². The molecule has 2 nitrogen and oxygen atoms in total. The van der Waals surface area contributed by atoms with Crippen LogP contribution < -0.4 is 0 Å². The molecule has 0 aromatic heterocycles. The van der Waals surface area contributed by atoms with Crippen LogP contribution in [0.1, 0.15) is 51.4 Å². The van der Waals surface area contributed by atoms with Crippen molar-refractivity contribution in [3.05, 3.63) is 22.3 Å². The molecule has 2 atom stereocenters. The first-order valence-corrected chi connectivity index (χ1v) is 6.21. The fraction of sp³-hybridized carbons (Fsp3) is 0.800. The number of hydrogen-bond acceptors (Lipinski definition) is 2. The molecule has 1 N–H and O–H groups in total. The van der Waals surface area contributed by atoms with Crippen molar-refractivity contribution in [2.24, 2.45) is 11.8 Å². The summed E-state index contributed by atoms with van der Waals surface area (Å²) in [6, 6.07) is 0.451. The van der Waals surface area contributed by atoms with Crippen LogP contribution in [0.15, 0.2) is 0 Å². The van der Waals surface area contributed by atoms with Gasteiger partial charge in [0, 0.05) is 13.1 Å². The number of hydrogen-bond donors (Lipinski definition) is 1. The molecule has 2 fully saturated rings. The van der Waals surface area contributed by atoms with Crippen molar-refractivity contribution in [2.45, 2.75) is 57.4 Å².